The molecule has 7 nitrogen and oxygen atoms in total. The molecule has 0 atom stereocenters. The Kier molecular flexibility index (Phi) is 5.89. The zero-order valence-electron chi connectivity index (χ0n) is 13.7. The van der Waals surface area contributed by atoms with Crippen molar-refractivity contribution in [1.82, 2.24) is 10.2 Å². The Labute approximate surface area is 154 Å². The van der Waals surface area contributed by atoms with Gasteiger partial charge in [0, 0.05) is 5.69 Å². The molecule has 132 valence electrons. The van der Waals surface area contributed by atoms with Crippen LogP contribution in [0.15, 0.2) is 60.1 Å². The number of benzene rings is 2. The molecule has 0 spiro atoms. The lowest BCUT2D eigenvalue weighted by Crippen LogP contribution is -2.22. The summed E-state index contributed by atoms with van der Waals surface area (Å²) in [5, 5.41) is 13.4. The van der Waals surface area contributed by atoms with Gasteiger partial charge in [0.05, 0.1) is 12.1 Å². The summed E-state index contributed by atoms with van der Waals surface area (Å²) in [5.74, 6) is -0.740. The smallest absolute Gasteiger partial charge is 0.340 e. The van der Waals surface area contributed by atoms with Crippen LogP contribution >= 0.6 is 11.3 Å². The Balaban J connectivity index is 1.58. The van der Waals surface area contributed by atoms with E-state index in [0.29, 0.717) is 16.4 Å². The molecule has 26 heavy (non-hydrogen) atoms. The first-order valence-electron chi connectivity index (χ1n) is 7.82. The van der Waals surface area contributed by atoms with Crippen LogP contribution in [0.5, 0.6) is 0 Å². The average Bonchev–Trinajstić information content (AvgIpc) is 3.18. The van der Waals surface area contributed by atoms with Crippen molar-refractivity contribution in [1.29, 1.82) is 0 Å². The molecule has 0 aliphatic heterocycles. The molecule has 3 aromatic rings. The monoisotopic (exact) mass is 368 g/mol. The number of nitrogens with zero attached hydrogens (tertiary/aromatic N) is 2. The van der Waals surface area contributed by atoms with Gasteiger partial charge in [-0.15, -0.1) is 10.2 Å². The van der Waals surface area contributed by atoms with Crippen molar-refractivity contribution < 1.29 is 14.3 Å². The second-order valence-corrected chi connectivity index (χ2v) is 6.09. The second kappa shape index (κ2) is 8.72. The quantitative estimate of drug-likeness (QED) is 0.623. The van der Waals surface area contributed by atoms with Crippen LogP contribution in [0, 0.1) is 0 Å². The molecule has 1 heterocycles. The molecule has 0 fully saturated rings. The van der Waals surface area contributed by atoms with Gasteiger partial charge < -0.3 is 10.1 Å². The number of esters is 1. The maximum Gasteiger partial charge on any atom is 0.340 e. The molecule has 8 heteroatoms. The third-order valence-electron chi connectivity index (χ3n) is 3.41. The van der Waals surface area contributed by atoms with E-state index in [2.05, 4.69) is 20.8 Å². The molecular formula is C18H16N4O3S. The van der Waals surface area contributed by atoms with Crippen LogP contribution in [0.1, 0.15) is 15.9 Å². The highest BCUT2D eigenvalue weighted by atomic mass is 32.1. The lowest BCUT2D eigenvalue weighted by atomic mass is 10.1. The number of nitrogens with one attached hydrogen (secondary N) is 2. The lowest BCUT2D eigenvalue weighted by Gasteiger charge is -2.11. The van der Waals surface area contributed by atoms with Gasteiger partial charge in [0.1, 0.15) is 12.1 Å². The number of ether oxygens (including phenoxy) is 1. The van der Waals surface area contributed by atoms with Crippen LogP contribution in [-0.2, 0) is 16.1 Å². The Bertz CT molecular complexity index is 869. The molecule has 0 radical (unpaired) electrons. The molecule has 0 aliphatic carbocycles. The molecule has 0 saturated heterocycles. The van der Waals surface area contributed by atoms with Crippen LogP contribution in [-0.4, -0.2) is 28.6 Å². The number of rotatable bonds is 7. The van der Waals surface area contributed by atoms with E-state index in [9.17, 15) is 9.59 Å². The van der Waals surface area contributed by atoms with Gasteiger partial charge in [0.2, 0.25) is 11.0 Å². The Morgan fingerprint density at radius 1 is 1.04 bits per heavy atom. The number of hydrogen-bond acceptors (Lipinski definition) is 7. The van der Waals surface area contributed by atoms with E-state index in [0.717, 1.165) is 5.56 Å². The van der Waals surface area contributed by atoms with Gasteiger partial charge in [-0.3, -0.25) is 10.1 Å². The molecule has 0 bridgehead atoms. The van der Waals surface area contributed by atoms with Crippen LogP contribution in [0.3, 0.4) is 0 Å². The van der Waals surface area contributed by atoms with E-state index >= 15 is 0 Å². The number of carbonyl (C=O) groups is 2. The van der Waals surface area contributed by atoms with Crippen molar-refractivity contribution in [2.75, 3.05) is 17.2 Å². The van der Waals surface area contributed by atoms with E-state index in [1.807, 2.05) is 30.3 Å². The summed E-state index contributed by atoms with van der Waals surface area (Å²) in [5.41, 5.74) is 3.33. The van der Waals surface area contributed by atoms with Gasteiger partial charge in [-0.25, -0.2) is 4.79 Å². The number of anilines is 2. The number of carbonyl (C=O) groups excluding carboxylic acids is 2. The topological polar surface area (TPSA) is 93.2 Å². The zero-order valence-corrected chi connectivity index (χ0v) is 14.5. The minimum atomic E-state index is -0.457. The van der Waals surface area contributed by atoms with Gasteiger partial charge in [-0.2, -0.15) is 0 Å². The van der Waals surface area contributed by atoms with Crippen LogP contribution in [0.4, 0.5) is 10.8 Å². The van der Waals surface area contributed by atoms with E-state index in [1.54, 1.807) is 24.3 Å². The summed E-state index contributed by atoms with van der Waals surface area (Å²) in [6.45, 7) is 0.175. The van der Waals surface area contributed by atoms with Gasteiger partial charge in [0.25, 0.3) is 0 Å². The maximum atomic E-state index is 12.4. The highest BCUT2D eigenvalue weighted by Gasteiger charge is 2.13. The van der Waals surface area contributed by atoms with E-state index < -0.39 is 5.97 Å². The fourth-order valence-electron chi connectivity index (χ4n) is 2.18. The first-order chi connectivity index (χ1) is 12.7. The molecule has 1 aromatic heterocycles. The third-order valence-corrected chi connectivity index (χ3v) is 4.01. The zero-order chi connectivity index (χ0) is 18.2. The fraction of sp³-hybridized carbons (Fsp3) is 0.111. The van der Waals surface area contributed by atoms with E-state index in [4.69, 9.17) is 4.74 Å². The van der Waals surface area contributed by atoms with Crippen LogP contribution in [0.25, 0.3) is 0 Å². The first kappa shape index (κ1) is 17.6. The normalized spacial score (nSPS) is 10.2. The average molecular weight is 368 g/mol. The molecule has 3 rings (SSSR count). The molecule has 2 aromatic carbocycles. The molecule has 2 N–H and O–H groups in total. The number of aromatic nitrogens is 2. The Hall–Kier alpha value is -3.26. The molecular weight excluding hydrogens is 352 g/mol. The SMILES string of the molecule is O=C(CNc1ccccc1C(=O)OCc1ccccc1)Nc1nncs1. The molecule has 0 aliphatic rings. The van der Waals surface area contributed by atoms with Gasteiger partial charge in [0.15, 0.2) is 0 Å². The Morgan fingerprint density at radius 3 is 2.58 bits per heavy atom. The van der Waals surface area contributed by atoms with Gasteiger partial charge in [-0.1, -0.05) is 53.8 Å². The van der Waals surface area contributed by atoms with Crippen molar-refractivity contribution in [2.45, 2.75) is 6.61 Å². The largest absolute Gasteiger partial charge is 0.457 e. The minimum Gasteiger partial charge on any atom is -0.457 e. The predicted octanol–water partition coefficient (Wildman–Crippen LogP) is 2.95. The van der Waals surface area contributed by atoms with E-state index in [-0.39, 0.29) is 19.1 Å². The van der Waals surface area contributed by atoms with Crippen molar-refractivity contribution in [2.24, 2.45) is 0 Å². The standard InChI is InChI=1S/C18H16N4O3S/c23-16(21-18-22-20-12-26-18)10-19-15-9-5-4-8-14(15)17(24)25-11-13-6-2-1-3-7-13/h1-9,12,19H,10-11H2,(H,21,22,23). The lowest BCUT2D eigenvalue weighted by molar-refractivity contribution is -0.114. The molecule has 0 unspecified atom stereocenters. The predicted molar refractivity (Wildman–Crippen MR) is 99.0 cm³/mol. The summed E-state index contributed by atoms with van der Waals surface area (Å²) in [7, 11) is 0. The molecule has 0 saturated carbocycles. The number of hydrogen-bond donors (Lipinski definition) is 2. The Morgan fingerprint density at radius 2 is 1.81 bits per heavy atom. The number of amides is 1. The third kappa shape index (κ3) is 4.87. The highest BCUT2D eigenvalue weighted by Crippen LogP contribution is 2.17. The summed E-state index contributed by atoms with van der Waals surface area (Å²) >= 11 is 1.23. The second-order valence-electron chi connectivity index (χ2n) is 5.25. The van der Waals surface area contributed by atoms with Gasteiger partial charge in [-0.05, 0) is 17.7 Å². The fourth-order valence-corrected chi connectivity index (χ4v) is 2.64. The van der Waals surface area contributed by atoms with Crippen LogP contribution in [0.2, 0.25) is 0 Å². The molecule has 1 amide bonds. The summed E-state index contributed by atoms with van der Waals surface area (Å²) in [4.78, 5) is 24.3. The maximum absolute atomic E-state index is 12.4. The summed E-state index contributed by atoms with van der Waals surface area (Å²) in [6, 6.07) is 16.3. The van der Waals surface area contributed by atoms with Crippen molar-refractivity contribution in [3.8, 4) is 0 Å². The summed E-state index contributed by atoms with van der Waals surface area (Å²) in [6.07, 6.45) is 0. The van der Waals surface area contributed by atoms with E-state index in [1.165, 1.54) is 16.8 Å². The number of para-hydroxylation sites is 1. The van der Waals surface area contributed by atoms with Crippen molar-refractivity contribution in [3.63, 3.8) is 0 Å². The first-order valence-corrected chi connectivity index (χ1v) is 8.70. The van der Waals surface area contributed by atoms with Crippen molar-refractivity contribution >= 4 is 34.0 Å². The summed E-state index contributed by atoms with van der Waals surface area (Å²) < 4.78 is 5.35. The van der Waals surface area contributed by atoms with Crippen LogP contribution < -0.4 is 10.6 Å². The van der Waals surface area contributed by atoms with Crippen molar-refractivity contribution in [3.05, 3.63) is 71.2 Å². The van der Waals surface area contributed by atoms with Gasteiger partial charge >= 0.3 is 5.97 Å². The highest BCUT2D eigenvalue weighted by molar-refractivity contribution is 7.13. The minimum absolute atomic E-state index is 0.0114.